The highest BCUT2D eigenvalue weighted by Crippen LogP contribution is 2.33. The largest absolute Gasteiger partial charge is 0.372 e. The van der Waals surface area contributed by atoms with Crippen molar-refractivity contribution in [1.29, 1.82) is 0 Å². The number of anilines is 1. The Morgan fingerprint density at radius 2 is 1.00 bits per heavy atom. The lowest BCUT2D eigenvalue weighted by atomic mass is 9.92. The van der Waals surface area contributed by atoms with Gasteiger partial charge in [0, 0.05) is 18.8 Å². The molecule has 0 spiro atoms. The molecule has 0 fully saturated rings. The molecule has 1 aromatic rings. The van der Waals surface area contributed by atoms with E-state index in [0.29, 0.717) is 6.04 Å². The van der Waals surface area contributed by atoms with Gasteiger partial charge in [0.15, 0.2) is 0 Å². The van der Waals surface area contributed by atoms with Gasteiger partial charge in [-0.1, -0.05) is 0 Å². The topological polar surface area (TPSA) is 3.24 Å². The summed E-state index contributed by atoms with van der Waals surface area (Å²) in [6, 6.07) is 0.541. The highest BCUT2D eigenvalue weighted by Gasteiger charge is 2.16. The first-order valence-electron chi connectivity index (χ1n) is 6.08. The van der Waals surface area contributed by atoms with Crippen molar-refractivity contribution in [3.8, 4) is 0 Å². The van der Waals surface area contributed by atoms with Gasteiger partial charge in [-0.3, -0.25) is 0 Å². The van der Waals surface area contributed by atoms with Gasteiger partial charge in [-0.25, -0.2) is 0 Å². The van der Waals surface area contributed by atoms with Gasteiger partial charge in [-0.05, 0) is 76.3 Å². The van der Waals surface area contributed by atoms with E-state index >= 15 is 0 Å². The van der Waals surface area contributed by atoms with Crippen molar-refractivity contribution in [1.82, 2.24) is 0 Å². The summed E-state index contributed by atoms with van der Waals surface area (Å²) in [4.78, 5) is 2.38. The first kappa shape index (κ1) is 13.1. The minimum atomic E-state index is 0.541. The van der Waals surface area contributed by atoms with Crippen LogP contribution in [0.2, 0.25) is 0 Å². The van der Waals surface area contributed by atoms with Gasteiger partial charge in [-0.15, -0.1) is 0 Å². The molecule has 0 atom stereocenters. The van der Waals surface area contributed by atoms with E-state index in [1.165, 1.54) is 33.5 Å². The molecule has 0 N–H and O–H groups in total. The molecule has 0 aromatic heterocycles. The Labute approximate surface area is 100 Å². The molecule has 0 radical (unpaired) electrons. The van der Waals surface area contributed by atoms with Crippen LogP contribution in [-0.2, 0) is 0 Å². The van der Waals surface area contributed by atoms with Crippen LogP contribution in [0.15, 0.2) is 0 Å². The predicted octanol–water partition coefficient (Wildman–Crippen LogP) is 4.07. The fraction of sp³-hybridized carbons (Fsp3) is 0.600. The molecule has 0 saturated carbocycles. The third-order valence-electron chi connectivity index (χ3n) is 4.09. The van der Waals surface area contributed by atoms with Crippen LogP contribution in [0.5, 0.6) is 0 Å². The van der Waals surface area contributed by atoms with E-state index in [9.17, 15) is 0 Å². The van der Waals surface area contributed by atoms with E-state index in [1.807, 2.05) is 0 Å². The lowest BCUT2D eigenvalue weighted by molar-refractivity contribution is 0.748. The van der Waals surface area contributed by atoms with Crippen molar-refractivity contribution in [2.24, 2.45) is 0 Å². The standard InChI is InChI=1S/C15H25N/c1-9(2)16(8)15-13(6)11(4)10(3)12(5)14(15)7/h9H,1-8H3. The maximum absolute atomic E-state index is 2.38. The van der Waals surface area contributed by atoms with Gasteiger partial charge in [0.2, 0.25) is 0 Å². The Morgan fingerprint density at radius 1 is 0.688 bits per heavy atom. The molecule has 0 unspecified atom stereocenters. The van der Waals surface area contributed by atoms with Gasteiger partial charge < -0.3 is 4.90 Å². The molecule has 90 valence electrons. The van der Waals surface area contributed by atoms with Crippen LogP contribution in [-0.4, -0.2) is 13.1 Å². The van der Waals surface area contributed by atoms with E-state index in [-0.39, 0.29) is 0 Å². The Kier molecular flexibility index (Phi) is 3.67. The zero-order chi connectivity index (χ0) is 12.6. The minimum absolute atomic E-state index is 0.541. The highest BCUT2D eigenvalue weighted by molar-refractivity contribution is 5.66. The fourth-order valence-corrected chi connectivity index (χ4v) is 2.27. The van der Waals surface area contributed by atoms with E-state index in [1.54, 1.807) is 0 Å². The van der Waals surface area contributed by atoms with Crippen LogP contribution in [0.25, 0.3) is 0 Å². The van der Waals surface area contributed by atoms with Crippen molar-refractivity contribution in [2.45, 2.75) is 54.5 Å². The maximum Gasteiger partial charge on any atom is 0.0430 e. The summed E-state index contributed by atoms with van der Waals surface area (Å²) in [6.45, 7) is 15.6. The molecule has 1 nitrogen and oxygen atoms in total. The zero-order valence-electron chi connectivity index (χ0n) is 12.0. The van der Waals surface area contributed by atoms with Crippen LogP contribution in [0.3, 0.4) is 0 Å². The highest BCUT2D eigenvalue weighted by atomic mass is 15.1. The number of rotatable bonds is 2. The van der Waals surface area contributed by atoms with Crippen LogP contribution in [0.1, 0.15) is 41.7 Å². The van der Waals surface area contributed by atoms with Crippen LogP contribution < -0.4 is 4.90 Å². The Balaban J connectivity index is 3.51. The molecule has 0 bridgehead atoms. The molecular formula is C15H25N. The SMILES string of the molecule is Cc1c(C)c(C)c(N(C)C(C)C)c(C)c1C. The van der Waals surface area contributed by atoms with Gasteiger partial charge in [0.1, 0.15) is 0 Å². The molecule has 0 aliphatic heterocycles. The Hall–Kier alpha value is -0.980. The number of benzene rings is 1. The molecule has 0 saturated heterocycles. The van der Waals surface area contributed by atoms with Gasteiger partial charge in [-0.2, -0.15) is 0 Å². The monoisotopic (exact) mass is 219 g/mol. The summed E-state index contributed by atoms with van der Waals surface area (Å²) in [6.07, 6.45) is 0. The van der Waals surface area contributed by atoms with Crippen molar-refractivity contribution in [2.75, 3.05) is 11.9 Å². The van der Waals surface area contributed by atoms with Crippen LogP contribution in [0, 0.1) is 34.6 Å². The zero-order valence-corrected chi connectivity index (χ0v) is 12.0. The summed E-state index contributed by atoms with van der Waals surface area (Å²) in [5.41, 5.74) is 8.58. The first-order valence-corrected chi connectivity index (χ1v) is 6.08. The average Bonchev–Trinajstić information content (AvgIpc) is 2.23. The molecule has 1 aromatic carbocycles. The van der Waals surface area contributed by atoms with E-state index in [2.05, 4.69) is 60.4 Å². The van der Waals surface area contributed by atoms with Crippen molar-refractivity contribution >= 4 is 5.69 Å². The van der Waals surface area contributed by atoms with E-state index < -0.39 is 0 Å². The number of nitrogens with zero attached hydrogens (tertiary/aromatic N) is 1. The molecule has 16 heavy (non-hydrogen) atoms. The smallest absolute Gasteiger partial charge is 0.0430 e. The fourth-order valence-electron chi connectivity index (χ4n) is 2.27. The predicted molar refractivity (Wildman–Crippen MR) is 73.7 cm³/mol. The Morgan fingerprint density at radius 3 is 1.31 bits per heavy atom. The first-order chi connectivity index (χ1) is 7.29. The molecule has 1 heteroatoms. The number of hydrogen-bond donors (Lipinski definition) is 0. The van der Waals surface area contributed by atoms with Crippen LogP contribution in [0.4, 0.5) is 5.69 Å². The van der Waals surface area contributed by atoms with E-state index in [4.69, 9.17) is 0 Å². The second-order valence-electron chi connectivity index (χ2n) is 5.18. The van der Waals surface area contributed by atoms with Gasteiger partial charge in [0.25, 0.3) is 0 Å². The molecule has 1 rings (SSSR count). The van der Waals surface area contributed by atoms with Crippen molar-refractivity contribution < 1.29 is 0 Å². The van der Waals surface area contributed by atoms with Crippen molar-refractivity contribution in [3.63, 3.8) is 0 Å². The minimum Gasteiger partial charge on any atom is -0.372 e. The summed E-state index contributed by atoms with van der Waals surface area (Å²) >= 11 is 0. The summed E-state index contributed by atoms with van der Waals surface area (Å²) in [7, 11) is 2.19. The quantitative estimate of drug-likeness (QED) is 0.724. The lowest BCUT2D eigenvalue weighted by Gasteiger charge is -2.30. The van der Waals surface area contributed by atoms with E-state index in [0.717, 1.165) is 0 Å². The van der Waals surface area contributed by atoms with Crippen molar-refractivity contribution in [3.05, 3.63) is 27.8 Å². The number of hydrogen-bond acceptors (Lipinski definition) is 1. The lowest BCUT2D eigenvalue weighted by Crippen LogP contribution is -2.27. The summed E-state index contributed by atoms with van der Waals surface area (Å²) in [5.74, 6) is 0. The second kappa shape index (κ2) is 4.48. The Bertz CT molecular complexity index is 373. The third-order valence-corrected chi connectivity index (χ3v) is 4.09. The van der Waals surface area contributed by atoms with Gasteiger partial charge in [0.05, 0.1) is 0 Å². The summed E-state index contributed by atoms with van der Waals surface area (Å²) in [5, 5.41) is 0. The van der Waals surface area contributed by atoms with Gasteiger partial charge >= 0.3 is 0 Å². The third kappa shape index (κ3) is 1.95. The average molecular weight is 219 g/mol. The maximum atomic E-state index is 2.38. The molecular weight excluding hydrogens is 194 g/mol. The summed E-state index contributed by atoms with van der Waals surface area (Å²) < 4.78 is 0. The molecule has 0 amide bonds. The normalized spacial score (nSPS) is 11.1. The van der Waals surface area contributed by atoms with Crippen LogP contribution >= 0.6 is 0 Å². The molecule has 0 heterocycles. The molecule has 0 aliphatic carbocycles. The molecule has 0 aliphatic rings. The second-order valence-corrected chi connectivity index (χ2v) is 5.18.